The molecule has 0 spiro atoms. The van der Waals surface area contributed by atoms with Gasteiger partial charge in [0.1, 0.15) is 5.54 Å². The van der Waals surface area contributed by atoms with E-state index in [1.54, 1.807) is 24.3 Å². The van der Waals surface area contributed by atoms with E-state index in [0.717, 1.165) is 18.4 Å². The molecule has 0 bridgehead atoms. The van der Waals surface area contributed by atoms with E-state index in [1.165, 1.54) is 6.07 Å². The zero-order valence-corrected chi connectivity index (χ0v) is 13.0. The Morgan fingerprint density at radius 2 is 1.87 bits per heavy atom. The largest absolute Gasteiger partial charge is 0.480 e. The number of carbonyl (C=O) groups excluding carboxylic acids is 1. The monoisotopic (exact) mass is 334 g/mol. The number of nitrogens with one attached hydrogen (secondary N) is 1. The van der Waals surface area contributed by atoms with Crippen molar-refractivity contribution >= 4 is 23.5 Å². The predicted molar refractivity (Wildman–Crippen MR) is 83.3 cm³/mol. The first kappa shape index (κ1) is 15.6. The second-order valence-electron chi connectivity index (χ2n) is 5.63. The zero-order valence-electron chi connectivity index (χ0n) is 12.2. The molecule has 1 heterocycles. The van der Waals surface area contributed by atoms with Gasteiger partial charge in [0.2, 0.25) is 0 Å². The summed E-state index contributed by atoms with van der Waals surface area (Å²) in [6.45, 7) is 0. The third-order valence-electron chi connectivity index (χ3n) is 4.09. The first-order valence-corrected chi connectivity index (χ1v) is 7.66. The molecule has 23 heavy (non-hydrogen) atoms. The Morgan fingerprint density at radius 3 is 2.48 bits per heavy atom. The average molecular weight is 335 g/mol. The molecular formula is C16H15ClN2O4. The van der Waals surface area contributed by atoms with Gasteiger partial charge in [-0.3, -0.25) is 4.79 Å². The lowest BCUT2D eigenvalue weighted by molar-refractivity contribution is -0.144. The van der Waals surface area contributed by atoms with E-state index in [-0.39, 0.29) is 5.69 Å². The highest BCUT2D eigenvalue weighted by molar-refractivity contribution is 6.30. The topological polar surface area (TPSA) is 92.4 Å². The third-order valence-corrected chi connectivity index (χ3v) is 4.34. The van der Waals surface area contributed by atoms with Crippen molar-refractivity contribution in [3.05, 3.63) is 41.0 Å². The summed E-state index contributed by atoms with van der Waals surface area (Å²) in [5.41, 5.74) is -0.409. The Morgan fingerprint density at radius 1 is 1.22 bits per heavy atom. The molecule has 1 aliphatic carbocycles. The average Bonchev–Trinajstić information content (AvgIpc) is 3.17. The number of halogens is 1. The molecule has 0 unspecified atom stereocenters. The lowest BCUT2D eigenvalue weighted by atomic mass is 9.97. The quantitative estimate of drug-likeness (QED) is 0.896. The standard InChI is InChI=1S/C16H15ClN2O4/c17-11-5-3-10(4-6-11)13-9-12(19-23-13)14(20)18-16(15(21)22)7-1-2-8-16/h3-6,9H,1-2,7-8H2,(H,18,20)(H,21,22). The number of carbonyl (C=O) groups is 2. The van der Waals surface area contributed by atoms with Crippen LogP contribution in [0.4, 0.5) is 0 Å². The fraction of sp³-hybridized carbons (Fsp3) is 0.312. The second kappa shape index (κ2) is 6.04. The molecular weight excluding hydrogens is 320 g/mol. The summed E-state index contributed by atoms with van der Waals surface area (Å²) in [7, 11) is 0. The molecule has 7 heteroatoms. The number of amides is 1. The lowest BCUT2D eigenvalue weighted by Gasteiger charge is -2.24. The minimum absolute atomic E-state index is 0.0578. The summed E-state index contributed by atoms with van der Waals surface area (Å²) >= 11 is 5.83. The molecule has 1 aliphatic rings. The summed E-state index contributed by atoms with van der Waals surface area (Å²) in [6, 6.07) is 8.40. The number of aliphatic carboxylic acids is 1. The molecule has 0 radical (unpaired) electrons. The van der Waals surface area contributed by atoms with Crippen LogP contribution in [0.5, 0.6) is 0 Å². The Labute approximate surface area is 137 Å². The maximum absolute atomic E-state index is 12.3. The fourth-order valence-corrected chi connectivity index (χ4v) is 2.91. The molecule has 6 nitrogen and oxygen atoms in total. The molecule has 0 saturated heterocycles. The van der Waals surface area contributed by atoms with E-state index >= 15 is 0 Å². The highest BCUT2D eigenvalue weighted by Crippen LogP contribution is 2.30. The van der Waals surface area contributed by atoms with Crippen LogP contribution in [0.3, 0.4) is 0 Å². The van der Waals surface area contributed by atoms with Crippen molar-refractivity contribution in [3.63, 3.8) is 0 Å². The molecule has 2 aromatic rings. The molecule has 3 rings (SSSR count). The number of aromatic nitrogens is 1. The number of carboxylic acid groups (broad SMARTS) is 1. The molecule has 120 valence electrons. The van der Waals surface area contributed by atoms with Crippen LogP contribution < -0.4 is 5.32 Å². The van der Waals surface area contributed by atoms with Gasteiger partial charge in [0.05, 0.1) is 0 Å². The van der Waals surface area contributed by atoms with Gasteiger partial charge >= 0.3 is 5.97 Å². The van der Waals surface area contributed by atoms with Gasteiger partial charge in [-0.25, -0.2) is 4.79 Å². The van der Waals surface area contributed by atoms with Gasteiger partial charge in [-0.15, -0.1) is 0 Å². The van der Waals surface area contributed by atoms with Crippen LogP contribution in [-0.2, 0) is 4.79 Å². The van der Waals surface area contributed by atoms with Gasteiger partial charge in [0, 0.05) is 16.7 Å². The number of nitrogens with zero attached hydrogens (tertiary/aromatic N) is 1. The van der Waals surface area contributed by atoms with Gasteiger partial charge in [0.25, 0.3) is 5.91 Å². The second-order valence-corrected chi connectivity index (χ2v) is 6.07. The number of carboxylic acids is 1. The maximum Gasteiger partial charge on any atom is 0.329 e. The van der Waals surface area contributed by atoms with Crippen LogP contribution >= 0.6 is 11.6 Å². The van der Waals surface area contributed by atoms with Crippen LogP contribution in [-0.4, -0.2) is 27.7 Å². The number of rotatable bonds is 4. The van der Waals surface area contributed by atoms with Crippen molar-refractivity contribution in [1.82, 2.24) is 10.5 Å². The minimum atomic E-state index is -1.20. The van der Waals surface area contributed by atoms with E-state index < -0.39 is 17.4 Å². The lowest BCUT2D eigenvalue weighted by Crippen LogP contribution is -2.52. The molecule has 1 saturated carbocycles. The van der Waals surface area contributed by atoms with Crippen LogP contribution in [0.25, 0.3) is 11.3 Å². The molecule has 2 N–H and O–H groups in total. The summed E-state index contributed by atoms with van der Waals surface area (Å²) in [4.78, 5) is 23.8. The van der Waals surface area contributed by atoms with Gasteiger partial charge in [-0.1, -0.05) is 29.6 Å². The van der Waals surface area contributed by atoms with Crippen molar-refractivity contribution < 1.29 is 19.2 Å². The summed E-state index contributed by atoms with van der Waals surface area (Å²) in [5, 5.41) is 16.3. The van der Waals surface area contributed by atoms with E-state index in [1.807, 2.05) is 0 Å². The minimum Gasteiger partial charge on any atom is -0.480 e. The Hall–Kier alpha value is -2.34. The predicted octanol–water partition coefficient (Wildman–Crippen LogP) is 3.12. The molecule has 0 aliphatic heterocycles. The van der Waals surface area contributed by atoms with Crippen LogP contribution in [0, 0.1) is 0 Å². The van der Waals surface area contributed by atoms with Crippen molar-refractivity contribution in [3.8, 4) is 11.3 Å². The van der Waals surface area contributed by atoms with E-state index in [9.17, 15) is 14.7 Å². The smallest absolute Gasteiger partial charge is 0.329 e. The SMILES string of the molecule is O=C(NC1(C(=O)O)CCCC1)c1cc(-c2ccc(Cl)cc2)on1. The maximum atomic E-state index is 12.3. The van der Waals surface area contributed by atoms with E-state index in [4.69, 9.17) is 16.1 Å². The van der Waals surface area contributed by atoms with E-state index in [0.29, 0.717) is 23.6 Å². The highest BCUT2D eigenvalue weighted by atomic mass is 35.5. The number of benzene rings is 1. The van der Waals surface area contributed by atoms with Crippen molar-refractivity contribution in [1.29, 1.82) is 0 Å². The van der Waals surface area contributed by atoms with Gasteiger partial charge < -0.3 is 14.9 Å². The van der Waals surface area contributed by atoms with Gasteiger partial charge in [-0.05, 0) is 37.1 Å². The van der Waals surface area contributed by atoms with Crippen LogP contribution in [0.15, 0.2) is 34.9 Å². The van der Waals surface area contributed by atoms with Crippen LogP contribution in [0.2, 0.25) is 5.02 Å². The molecule has 1 aromatic carbocycles. The first-order chi connectivity index (χ1) is 11.0. The fourth-order valence-electron chi connectivity index (χ4n) is 2.78. The molecule has 1 amide bonds. The van der Waals surface area contributed by atoms with Crippen molar-refractivity contribution in [2.24, 2.45) is 0 Å². The number of hydrogen-bond acceptors (Lipinski definition) is 4. The molecule has 1 fully saturated rings. The van der Waals surface area contributed by atoms with Gasteiger partial charge in [0.15, 0.2) is 11.5 Å². The normalized spacial score (nSPS) is 16.2. The summed E-state index contributed by atoms with van der Waals surface area (Å²) in [5.74, 6) is -1.13. The highest BCUT2D eigenvalue weighted by Gasteiger charge is 2.43. The number of hydrogen-bond donors (Lipinski definition) is 2. The third kappa shape index (κ3) is 3.07. The van der Waals surface area contributed by atoms with Crippen molar-refractivity contribution in [2.75, 3.05) is 0 Å². The summed E-state index contributed by atoms with van der Waals surface area (Å²) in [6.07, 6.45) is 2.41. The Balaban J connectivity index is 1.78. The van der Waals surface area contributed by atoms with Gasteiger partial charge in [-0.2, -0.15) is 0 Å². The molecule has 1 aromatic heterocycles. The molecule has 0 atom stereocenters. The first-order valence-electron chi connectivity index (χ1n) is 7.29. The Kier molecular flexibility index (Phi) is 4.09. The van der Waals surface area contributed by atoms with Crippen molar-refractivity contribution in [2.45, 2.75) is 31.2 Å². The zero-order chi connectivity index (χ0) is 16.4. The Bertz CT molecular complexity index is 733. The summed E-state index contributed by atoms with van der Waals surface area (Å²) < 4.78 is 5.17. The van der Waals surface area contributed by atoms with Crippen LogP contribution in [0.1, 0.15) is 36.2 Å². The van der Waals surface area contributed by atoms with E-state index in [2.05, 4.69) is 10.5 Å².